The number of morpholine rings is 1. The first-order chi connectivity index (χ1) is 14.2. The lowest BCUT2D eigenvalue weighted by Gasteiger charge is -2.35. The Kier molecular flexibility index (Phi) is 6.39. The molecule has 1 fully saturated rings. The summed E-state index contributed by atoms with van der Waals surface area (Å²) < 4.78 is 21.9. The van der Waals surface area contributed by atoms with Crippen LogP contribution in [0.1, 0.15) is 11.6 Å². The van der Waals surface area contributed by atoms with Crippen LogP contribution >= 0.6 is 11.6 Å². The predicted octanol–water partition coefficient (Wildman–Crippen LogP) is 2.64. The Balaban J connectivity index is 1.38. The Hall–Kier alpha value is -2.48. The van der Waals surface area contributed by atoms with E-state index >= 15 is 0 Å². The van der Waals surface area contributed by atoms with Crippen LogP contribution in [-0.2, 0) is 9.53 Å². The lowest BCUT2D eigenvalue weighted by Crippen LogP contribution is -2.44. The summed E-state index contributed by atoms with van der Waals surface area (Å²) >= 11 is 5.86. The van der Waals surface area contributed by atoms with E-state index < -0.39 is 0 Å². The molecule has 4 rings (SSSR count). The molecule has 1 atom stereocenters. The number of benzene rings is 2. The molecule has 1 saturated heterocycles. The fourth-order valence-electron chi connectivity index (χ4n) is 3.41. The lowest BCUT2D eigenvalue weighted by atomic mass is 10.0. The van der Waals surface area contributed by atoms with Crippen LogP contribution in [-0.4, -0.2) is 57.1 Å². The Morgan fingerprint density at radius 1 is 1.10 bits per heavy atom. The number of nitrogens with one attached hydrogen (secondary N) is 1. The first kappa shape index (κ1) is 19.8. The van der Waals surface area contributed by atoms with Gasteiger partial charge < -0.3 is 24.3 Å². The standard InChI is InChI=1S/C21H23ClN2O5/c22-16-2-4-17(5-3-16)27-13-21(25)23-12-18(24-7-9-26-10-8-24)15-1-6-19-20(11-15)29-14-28-19/h1-6,11,18H,7-10,12-14H2,(H,23,25)/t18-/m1/s1. The van der Waals surface area contributed by atoms with Crippen molar-refractivity contribution in [2.45, 2.75) is 6.04 Å². The number of hydrogen-bond acceptors (Lipinski definition) is 6. The molecule has 2 heterocycles. The zero-order chi connectivity index (χ0) is 20.1. The maximum absolute atomic E-state index is 12.3. The number of nitrogens with zero attached hydrogens (tertiary/aromatic N) is 1. The van der Waals surface area contributed by atoms with Crippen molar-refractivity contribution in [1.29, 1.82) is 0 Å². The van der Waals surface area contributed by atoms with Gasteiger partial charge in [-0.1, -0.05) is 17.7 Å². The summed E-state index contributed by atoms with van der Waals surface area (Å²) in [5.74, 6) is 1.90. The smallest absolute Gasteiger partial charge is 0.258 e. The largest absolute Gasteiger partial charge is 0.484 e. The van der Waals surface area contributed by atoms with E-state index in [0.29, 0.717) is 30.5 Å². The number of halogens is 1. The third-order valence-electron chi connectivity index (χ3n) is 4.94. The van der Waals surface area contributed by atoms with Gasteiger partial charge in [0.05, 0.1) is 19.3 Å². The fraction of sp³-hybridized carbons (Fsp3) is 0.381. The zero-order valence-corrected chi connectivity index (χ0v) is 16.7. The van der Waals surface area contributed by atoms with Crippen LogP contribution in [0.5, 0.6) is 17.2 Å². The molecular formula is C21H23ClN2O5. The fourth-order valence-corrected chi connectivity index (χ4v) is 3.53. The maximum Gasteiger partial charge on any atom is 0.258 e. The van der Waals surface area contributed by atoms with E-state index in [2.05, 4.69) is 10.2 Å². The molecule has 2 aliphatic rings. The van der Waals surface area contributed by atoms with Crippen molar-refractivity contribution in [2.75, 3.05) is 46.2 Å². The van der Waals surface area contributed by atoms with Gasteiger partial charge in [0.25, 0.3) is 5.91 Å². The molecule has 0 aromatic heterocycles. The number of ether oxygens (including phenoxy) is 4. The molecule has 8 heteroatoms. The average molecular weight is 419 g/mol. The van der Waals surface area contributed by atoms with E-state index in [0.717, 1.165) is 30.2 Å². The van der Waals surface area contributed by atoms with Crippen molar-refractivity contribution in [2.24, 2.45) is 0 Å². The van der Waals surface area contributed by atoms with E-state index in [-0.39, 0.29) is 25.3 Å². The molecule has 0 saturated carbocycles. The van der Waals surface area contributed by atoms with E-state index in [1.165, 1.54) is 0 Å². The minimum Gasteiger partial charge on any atom is -0.484 e. The lowest BCUT2D eigenvalue weighted by molar-refractivity contribution is -0.123. The highest BCUT2D eigenvalue weighted by Gasteiger charge is 2.25. The highest BCUT2D eigenvalue weighted by atomic mass is 35.5. The summed E-state index contributed by atoms with van der Waals surface area (Å²) in [5.41, 5.74) is 1.06. The van der Waals surface area contributed by atoms with Gasteiger partial charge in [-0.3, -0.25) is 9.69 Å². The molecule has 154 valence electrons. The van der Waals surface area contributed by atoms with Crippen molar-refractivity contribution < 1.29 is 23.7 Å². The SMILES string of the molecule is O=C(COc1ccc(Cl)cc1)NC[C@H](c1ccc2c(c1)OCO2)N1CCOCC1. The average Bonchev–Trinajstić information content (AvgIpc) is 3.22. The predicted molar refractivity (Wildman–Crippen MR) is 108 cm³/mol. The molecule has 0 aliphatic carbocycles. The molecule has 29 heavy (non-hydrogen) atoms. The quantitative estimate of drug-likeness (QED) is 0.745. The maximum atomic E-state index is 12.3. The van der Waals surface area contributed by atoms with E-state index in [9.17, 15) is 4.79 Å². The highest BCUT2D eigenvalue weighted by molar-refractivity contribution is 6.30. The number of amides is 1. The highest BCUT2D eigenvalue weighted by Crippen LogP contribution is 2.35. The van der Waals surface area contributed by atoms with Gasteiger partial charge in [0.2, 0.25) is 6.79 Å². The summed E-state index contributed by atoms with van der Waals surface area (Å²) in [6.45, 7) is 3.59. The normalized spacial score (nSPS) is 17.0. The Bertz CT molecular complexity index is 839. The van der Waals surface area contributed by atoms with Gasteiger partial charge in [0, 0.05) is 24.7 Å². The summed E-state index contributed by atoms with van der Waals surface area (Å²) in [5, 5.41) is 3.61. The molecule has 2 aromatic rings. The number of hydrogen-bond donors (Lipinski definition) is 1. The molecule has 0 spiro atoms. The van der Waals surface area contributed by atoms with E-state index in [1.54, 1.807) is 24.3 Å². The Labute approximate surface area is 174 Å². The molecule has 7 nitrogen and oxygen atoms in total. The van der Waals surface area contributed by atoms with Crippen molar-refractivity contribution in [3.8, 4) is 17.2 Å². The van der Waals surface area contributed by atoms with Gasteiger partial charge in [-0.15, -0.1) is 0 Å². The molecule has 2 aliphatic heterocycles. The minimum atomic E-state index is -0.182. The van der Waals surface area contributed by atoms with Crippen molar-refractivity contribution in [3.05, 3.63) is 53.1 Å². The van der Waals surface area contributed by atoms with Gasteiger partial charge in [0.15, 0.2) is 18.1 Å². The van der Waals surface area contributed by atoms with Gasteiger partial charge >= 0.3 is 0 Å². The van der Waals surface area contributed by atoms with Crippen LogP contribution in [0.3, 0.4) is 0 Å². The van der Waals surface area contributed by atoms with Gasteiger partial charge in [-0.05, 0) is 42.0 Å². The van der Waals surface area contributed by atoms with Gasteiger partial charge in [-0.2, -0.15) is 0 Å². The molecule has 0 unspecified atom stereocenters. The van der Waals surface area contributed by atoms with Crippen LogP contribution in [0.15, 0.2) is 42.5 Å². The monoisotopic (exact) mass is 418 g/mol. The van der Waals surface area contributed by atoms with Crippen LogP contribution in [0.2, 0.25) is 5.02 Å². The second-order valence-electron chi connectivity index (χ2n) is 6.82. The zero-order valence-electron chi connectivity index (χ0n) is 15.9. The second-order valence-corrected chi connectivity index (χ2v) is 7.26. The number of rotatable bonds is 7. The second kappa shape index (κ2) is 9.35. The van der Waals surface area contributed by atoms with Crippen molar-refractivity contribution in [1.82, 2.24) is 10.2 Å². The summed E-state index contributed by atoms with van der Waals surface area (Å²) in [4.78, 5) is 14.6. The van der Waals surface area contributed by atoms with Gasteiger partial charge in [0.1, 0.15) is 5.75 Å². The van der Waals surface area contributed by atoms with Gasteiger partial charge in [-0.25, -0.2) is 0 Å². The van der Waals surface area contributed by atoms with E-state index in [1.807, 2.05) is 18.2 Å². The first-order valence-corrected chi connectivity index (χ1v) is 9.93. The molecule has 0 radical (unpaired) electrons. The minimum absolute atomic E-state index is 0.00730. The molecule has 1 N–H and O–H groups in total. The number of fused-ring (bicyclic) bond motifs is 1. The Morgan fingerprint density at radius 2 is 1.86 bits per heavy atom. The van der Waals surface area contributed by atoms with Crippen LogP contribution in [0, 0.1) is 0 Å². The topological polar surface area (TPSA) is 69.3 Å². The van der Waals surface area contributed by atoms with Crippen LogP contribution in [0.4, 0.5) is 0 Å². The Morgan fingerprint density at radius 3 is 2.66 bits per heavy atom. The molecule has 2 aromatic carbocycles. The van der Waals surface area contributed by atoms with Crippen molar-refractivity contribution >= 4 is 17.5 Å². The summed E-state index contributed by atoms with van der Waals surface area (Å²) in [7, 11) is 0. The summed E-state index contributed by atoms with van der Waals surface area (Å²) in [6.07, 6.45) is 0. The molecule has 0 bridgehead atoms. The third kappa shape index (κ3) is 5.12. The van der Waals surface area contributed by atoms with Crippen LogP contribution < -0.4 is 19.5 Å². The first-order valence-electron chi connectivity index (χ1n) is 9.55. The van der Waals surface area contributed by atoms with Crippen molar-refractivity contribution in [3.63, 3.8) is 0 Å². The van der Waals surface area contributed by atoms with E-state index in [4.69, 9.17) is 30.5 Å². The third-order valence-corrected chi connectivity index (χ3v) is 5.20. The number of carbonyl (C=O) groups is 1. The molecular weight excluding hydrogens is 396 g/mol. The number of carbonyl (C=O) groups excluding carboxylic acids is 1. The van der Waals surface area contributed by atoms with Crippen LogP contribution in [0.25, 0.3) is 0 Å². The summed E-state index contributed by atoms with van der Waals surface area (Å²) in [6, 6.07) is 12.8. The molecule has 1 amide bonds.